The van der Waals surface area contributed by atoms with Crippen LogP contribution < -0.4 is 0 Å². The monoisotopic (exact) mass is 859 g/mol. The minimum Gasteiger partial charge on any atom is -0.512 e. The molecule has 0 saturated carbocycles. The quantitative estimate of drug-likeness (QED) is 0.0941. The average molecular weight is 859 g/mol. The van der Waals surface area contributed by atoms with Crippen LogP contribution in [0.4, 0.5) is 0 Å². The zero-order valence-electron chi connectivity index (χ0n) is 29.9. The Morgan fingerprint density at radius 2 is 1.54 bits per heavy atom. The first-order valence-corrected chi connectivity index (χ1v) is 18.5. The summed E-state index contributed by atoms with van der Waals surface area (Å²) in [6, 6.07) is 14.3. The first-order valence-electron chi connectivity index (χ1n) is 16.8. The molecular weight excluding hydrogens is 811 g/mol. The molecule has 4 nitrogen and oxygen atoms in total. The fourth-order valence-corrected chi connectivity index (χ4v) is 8.09. The number of furan rings is 1. The fraction of sp³-hybridized carbons (Fsp3) is 0.415. The number of carbonyl (C=O) groups excluding carboxylic acids is 1. The zero-order valence-corrected chi connectivity index (χ0v) is 33.9. The molecule has 257 valence electrons. The van der Waals surface area contributed by atoms with E-state index in [1.54, 1.807) is 22.7 Å². The number of aryl methyl sites for hydroxylation is 1. The van der Waals surface area contributed by atoms with E-state index in [-0.39, 0.29) is 47.9 Å². The molecule has 0 fully saturated rings. The van der Waals surface area contributed by atoms with Crippen molar-refractivity contribution >= 4 is 70.6 Å². The van der Waals surface area contributed by atoms with Crippen LogP contribution in [0.1, 0.15) is 99.1 Å². The van der Waals surface area contributed by atoms with Crippen molar-refractivity contribution in [2.24, 2.45) is 10.8 Å². The largest absolute Gasteiger partial charge is 0.512 e. The van der Waals surface area contributed by atoms with Gasteiger partial charge in [0.25, 0.3) is 0 Å². The molecule has 1 N–H and O–H groups in total. The second kappa shape index (κ2) is 14.6. The Morgan fingerprint density at radius 1 is 0.896 bits per heavy atom. The average Bonchev–Trinajstić information content (AvgIpc) is 3.79. The molecule has 6 rings (SSSR count). The van der Waals surface area contributed by atoms with Gasteiger partial charge in [0.05, 0.1) is 0 Å². The number of fused-ring (bicyclic) bond motifs is 6. The molecule has 0 aliphatic heterocycles. The summed E-state index contributed by atoms with van der Waals surface area (Å²) >= 11 is 3.57. The second-order valence-electron chi connectivity index (χ2n) is 14.3. The van der Waals surface area contributed by atoms with Gasteiger partial charge in [-0.2, -0.15) is 11.3 Å². The normalized spacial score (nSPS) is 12.8. The van der Waals surface area contributed by atoms with Gasteiger partial charge in [0.15, 0.2) is 5.78 Å². The van der Waals surface area contributed by atoms with Gasteiger partial charge in [-0.25, -0.2) is 0 Å². The maximum atomic E-state index is 12.2. The number of allylic oxidation sites excluding steroid dienone is 2. The summed E-state index contributed by atoms with van der Waals surface area (Å²) in [7, 11) is 0. The summed E-state index contributed by atoms with van der Waals surface area (Å²) in [5, 5.41) is 19.2. The summed E-state index contributed by atoms with van der Waals surface area (Å²) in [5.74, 6) is 0.286. The molecule has 2 aromatic carbocycles. The summed E-state index contributed by atoms with van der Waals surface area (Å²) < 4.78 is 8.86. The van der Waals surface area contributed by atoms with Gasteiger partial charge in [0, 0.05) is 69.8 Å². The molecule has 0 saturated heterocycles. The van der Waals surface area contributed by atoms with Gasteiger partial charge in [0.1, 0.15) is 16.9 Å². The standard InChI is InChI=1S/C26H20NOS2.C15H28O2.Ir/c1-14-13-30-20-6-5-18-22(21(14)20)23-19(28-18)7-9-27-24(23)16-11-15-8-10-29-25(15)17(12-16)26(2,3)4;1-7-14(5,8-2)12(16)11-13(17)15(6,9-3)10-4;/h5-10,12-13H,1-4H3;11,16H,7-10H2,1-6H3;/q-1;;/b;12-11-;. The van der Waals surface area contributed by atoms with Crippen LogP contribution in [0, 0.1) is 23.8 Å². The van der Waals surface area contributed by atoms with Crippen molar-refractivity contribution in [2.75, 3.05) is 0 Å². The predicted octanol–water partition coefficient (Wildman–Crippen LogP) is 13.1. The maximum absolute atomic E-state index is 12.2. The first-order chi connectivity index (χ1) is 22.2. The Bertz CT molecular complexity index is 2100. The third kappa shape index (κ3) is 6.94. The number of hydrogen-bond acceptors (Lipinski definition) is 6. The van der Waals surface area contributed by atoms with Crippen molar-refractivity contribution in [1.29, 1.82) is 0 Å². The molecule has 0 spiro atoms. The number of ketones is 1. The van der Waals surface area contributed by atoms with Crippen LogP contribution in [0.15, 0.2) is 63.5 Å². The van der Waals surface area contributed by atoms with Crippen LogP contribution in [0.25, 0.3) is 53.4 Å². The van der Waals surface area contributed by atoms with Crippen LogP contribution in [-0.2, 0) is 30.3 Å². The molecule has 1 radical (unpaired) electrons. The van der Waals surface area contributed by atoms with E-state index in [9.17, 15) is 9.90 Å². The minimum atomic E-state index is -0.337. The van der Waals surface area contributed by atoms with E-state index in [2.05, 4.69) is 68.8 Å². The van der Waals surface area contributed by atoms with Crippen LogP contribution >= 0.6 is 22.7 Å². The molecule has 0 bridgehead atoms. The van der Waals surface area contributed by atoms with Crippen molar-refractivity contribution in [3.63, 3.8) is 0 Å². The summed E-state index contributed by atoms with van der Waals surface area (Å²) in [4.78, 5) is 17.0. The van der Waals surface area contributed by atoms with Crippen molar-refractivity contribution in [3.8, 4) is 11.3 Å². The molecule has 7 heteroatoms. The number of nitrogens with zero attached hydrogens (tertiary/aromatic N) is 1. The Hall–Kier alpha value is -2.83. The summed E-state index contributed by atoms with van der Waals surface area (Å²) in [5.41, 5.74) is 5.83. The van der Waals surface area contributed by atoms with E-state index < -0.39 is 0 Å². The van der Waals surface area contributed by atoms with E-state index in [4.69, 9.17) is 9.40 Å². The molecule has 0 unspecified atom stereocenters. The molecule has 0 aliphatic rings. The number of hydrogen-bond donors (Lipinski definition) is 1. The van der Waals surface area contributed by atoms with Gasteiger partial charge in [0.2, 0.25) is 0 Å². The third-order valence-electron chi connectivity index (χ3n) is 10.4. The first kappa shape index (κ1) is 38.0. The van der Waals surface area contributed by atoms with Gasteiger partial charge in [-0.3, -0.25) is 9.78 Å². The van der Waals surface area contributed by atoms with Crippen molar-refractivity contribution in [2.45, 2.75) is 100 Å². The Labute approximate surface area is 307 Å². The molecular formula is C41H48IrNO3S2-. The van der Waals surface area contributed by atoms with Gasteiger partial charge < -0.3 is 9.52 Å². The fourth-order valence-electron chi connectivity index (χ4n) is 6.07. The summed E-state index contributed by atoms with van der Waals surface area (Å²) in [6.45, 7) is 21.1. The maximum Gasteiger partial charge on any atom is 0.164 e. The SMILES string of the molecule is CCC(C)(CC)C(=O)/C=C(\O)C(C)(CC)CC.Cc1csc2ccc3oc4ccnc(-c5[c-]c6ccsc6c(C(C)(C)C)c5)c4c3c12.[Ir]. The van der Waals surface area contributed by atoms with Crippen molar-refractivity contribution in [1.82, 2.24) is 4.98 Å². The molecule has 4 heterocycles. The molecule has 6 aromatic rings. The summed E-state index contributed by atoms with van der Waals surface area (Å²) in [6.07, 6.45) is 6.60. The van der Waals surface area contributed by atoms with Crippen LogP contribution in [0.2, 0.25) is 0 Å². The molecule has 4 aromatic heterocycles. The van der Waals surface area contributed by atoms with E-state index in [0.717, 1.165) is 58.9 Å². The number of benzene rings is 2. The van der Waals surface area contributed by atoms with Crippen molar-refractivity contribution in [3.05, 3.63) is 76.3 Å². The van der Waals surface area contributed by atoms with Crippen LogP contribution in [0.3, 0.4) is 0 Å². The van der Waals surface area contributed by atoms with E-state index in [1.807, 2.05) is 53.8 Å². The number of aromatic nitrogens is 1. The smallest absolute Gasteiger partial charge is 0.164 e. The number of rotatable bonds is 8. The van der Waals surface area contributed by atoms with Gasteiger partial charge in [-0.05, 0) is 77.2 Å². The Morgan fingerprint density at radius 3 is 2.17 bits per heavy atom. The number of aliphatic hydroxyl groups excluding tert-OH is 1. The Balaban J connectivity index is 0.000000251. The van der Waals surface area contributed by atoms with Crippen molar-refractivity contribution < 1.29 is 34.4 Å². The predicted molar refractivity (Wildman–Crippen MR) is 203 cm³/mol. The van der Waals surface area contributed by atoms with Crippen LogP contribution in [0.5, 0.6) is 0 Å². The molecule has 0 atom stereocenters. The van der Waals surface area contributed by atoms with E-state index in [0.29, 0.717) is 0 Å². The van der Waals surface area contributed by atoms with E-state index >= 15 is 0 Å². The van der Waals surface area contributed by atoms with Gasteiger partial charge >= 0.3 is 0 Å². The van der Waals surface area contributed by atoms with Gasteiger partial charge in [-0.1, -0.05) is 73.4 Å². The molecule has 0 aliphatic carbocycles. The third-order valence-corrected chi connectivity index (χ3v) is 12.4. The zero-order chi connectivity index (χ0) is 34.3. The number of thiophene rings is 2. The van der Waals surface area contributed by atoms with Gasteiger partial charge in [-0.15, -0.1) is 34.9 Å². The second-order valence-corrected chi connectivity index (χ2v) is 16.1. The Kier molecular flexibility index (Phi) is 11.5. The molecule has 48 heavy (non-hydrogen) atoms. The van der Waals surface area contributed by atoms with E-state index in [1.165, 1.54) is 37.4 Å². The topological polar surface area (TPSA) is 63.3 Å². The number of aliphatic hydroxyl groups is 1. The number of carbonyl (C=O) groups is 1. The van der Waals surface area contributed by atoms with Crippen LogP contribution in [-0.4, -0.2) is 15.9 Å². The number of pyridine rings is 1. The molecule has 0 amide bonds. The minimum absolute atomic E-state index is 0.